The van der Waals surface area contributed by atoms with E-state index in [1.165, 1.54) is 49.9 Å². The third-order valence-corrected chi connectivity index (χ3v) is 5.07. The van der Waals surface area contributed by atoms with E-state index in [1.54, 1.807) is 0 Å². The Balaban J connectivity index is 1.36. The molecule has 24 heavy (non-hydrogen) atoms. The minimum absolute atomic E-state index is 0.593. The quantitative estimate of drug-likeness (QED) is 0.819. The minimum Gasteiger partial charge on any atom is -0.311 e. The molecule has 1 heterocycles. The lowest BCUT2D eigenvalue weighted by atomic mass is 10.0. The SMILES string of the molecule is CC(CCc1ccccc1)NC1CCN(Cc2ccccc2)CC1. The molecule has 0 aromatic heterocycles. The summed E-state index contributed by atoms with van der Waals surface area (Å²) in [6, 6.07) is 22.9. The Kier molecular flexibility index (Phi) is 6.45. The number of nitrogens with zero attached hydrogens (tertiary/aromatic N) is 1. The van der Waals surface area contributed by atoms with Crippen molar-refractivity contribution in [2.75, 3.05) is 13.1 Å². The van der Waals surface area contributed by atoms with Crippen molar-refractivity contribution in [2.24, 2.45) is 0 Å². The first-order chi connectivity index (χ1) is 11.8. The maximum absolute atomic E-state index is 3.85. The van der Waals surface area contributed by atoms with E-state index in [-0.39, 0.29) is 0 Å². The van der Waals surface area contributed by atoms with E-state index in [0.717, 1.165) is 6.54 Å². The van der Waals surface area contributed by atoms with Gasteiger partial charge in [-0.3, -0.25) is 4.90 Å². The number of nitrogens with one attached hydrogen (secondary N) is 1. The average Bonchev–Trinajstić information content (AvgIpc) is 2.63. The Hall–Kier alpha value is -1.64. The summed E-state index contributed by atoms with van der Waals surface area (Å²) in [5.74, 6) is 0. The van der Waals surface area contributed by atoms with Gasteiger partial charge in [0.2, 0.25) is 0 Å². The predicted molar refractivity (Wildman–Crippen MR) is 102 cm³/mol. The number of piperidine rings is 1. The Morgan fingerprint density at radius 1 is 0.917 bits per heavy atom. The topological polar surface area (TPSA) is 15.3 Å². The Labute approximate surface area is 146 Å². The lowest BCUT2D eigenvalue weighted by Crippen LogP contribution is -2.45. The zero-order valence-corrected chi connectivity index (χ0v) is 14.8. The molecule has 3 rings (SSSR count). The van der Waals surface area contributed by atoms with Crippen molar-refractivity contribution < 1.29 is 0 Å². The standard InChI is InChI=1S/C22H30N2/c1-19(12-13-20-8-4-2-5-9-20)23-22-14-16-24(17-15-22)18-21-10-6-3-7-11-21/h2-11,19,22-23H,12-18H2,1H3. The Morgan fingerprint density at radius 3 is 2.12 bits per heavy atom. The van der Waals surface area contributed by atoms with Crippen LogP contribution in [0.1, 0.15) is 37.3 Å². The molecule has 0 saturated carbocycles. The summed E-state index contributed by atoms with van der Waals surface area (Å²) in [4.78, 5) is 2.59. The van der Waals surface area contributed by atoms with Gasteiger partial charge in [-0.2, -0.15) is 0 Å². The molecule has 2 nitrogen and oxygen atoms in total. The van der Waals surface area contributed by atoms with Gasteiger partial charge in [0.25, 0.3) is 0 Å². The summed E-state index contributed by atoms with van der Waals surface area (Å²) in [7, 11) is 0. The Morgan fingerprint density at radius 2 is 1.50 bits per heavy atom. The van der Waals surface area contributed by atoms with Crippen LogP contribution in [0.3, 0.4) is 0 Å². The lowest BCUT2D eigenvalue weighted by molar-refractivity contribution is 0.184. The van der Waals surface area contributed by atoms with E-state index in [1.807, 2.05) is 0 Å². The third-order valence-electron chi connectivity index (χ3n) is 5.07. The van der Waals surface area contributed by atoms with Gasteiger partial charge in [-0.05, 0) is 56.8 Å². The van der Waals surface area contributed by atoms with Gasteiger partial charge in [0.15, 0.2) is 0 Å². The number of likely N-dealkylation sites (tertiary alicyclic amines) is 1. The van der Waals surface area contributed by atoms with Crippen LogP contribution in [0.4, 0.5) is 0 Å². The molecule has 0 bridgehead atoms. The molecule has 1 fully saturated rings. The largest absolute Gasteiger partial charge is 0.311 e. The van der Waals surface area contributed by atoms with Gasteiger partial charge in [-0.25, -0.2) is 0 Å². The van der Waals surface area contributed by atoms with Crippen molar-refractivity contribution in [3.8, 4) is 0 Å². The van der Waals surface area contributed by atoms with Crippen molar-refractivity contribution in [3.05, 3.63) is 71.8 Å². The summed E-state index contributed by atoms with van der Waals surface area (Å²) < 4.78 is 0. The van der Waals surface area contributed by atoms with Crippen LogP contribution in [0.2, 0.25) is 0 Å². The average molecular weight is 322 g/mol. The molecule has 1 saturated heterocycles. The third kappa shape index (κ3) is 5.47. The lowest BCUT2D eigenvalue weighted by Gasteiger charge is -2.34. The molecule has 2 heteroatoms. The van der Waals surface area contributed by atoms with Crippen molar-refractivity contribution in [2.45, 2.75) is 51.2 Å². The first kappa shape index (κ1) is 17.2. The van der Waals surface area contributed by atoms with Crippen LogP contribution in [-0.2, 0) is 13.0 Å². The highest BCUT2D eigenvalue weighted by Gasteiger charge is 2.20. The molecule has 1 aliphatic rings. The van der Waals surface area contributed by atoms with Crippen LogP contribution in [0.15, 0.2) is 60.7 Å². The molecule has 0 spiro atoms. The predicted octanol–water partition coefficient (Wildman–Crippen LogP) is 4.26. The van der Waals surface area contributed by atoms with Crippen molar-refractivity contribution >= 4 is 0 Å². The van der Waals surface area contributed by atoms with E-state index in [9.17, 15) is 0 Å². The van der Waals surface area contributed by atoms with Gasteiger partial charge in [-0.15, -0.1) is 0 Å². The van der Waals surface area contributed by atoms with Gasteiger partial charge in [0.05, 0.1) is 0 Å². The normalized spacial score (nSPS) is 17.7. The van der Waals surface area contributed by atoms with Crippen molar-refractivity contribution in [1.29, 1.82) is 0 Å². The monoisotopic (exact) mass is 322 g/mol. The van der Waals surface area contributed by atoms with E-state index < -0.39 is 0 Å². The van der Waals surface area contributed by atoms with Crippen LogP contribution in [-0.4, -0.2) is 30.1 Å². The molecule has 2 aromatic carbocycles. The first-order valence-corrected chi connectivity index (χ1v) is 9.36. The van der Waals surface area contributed by atoms with Crippen molar-refractivity contribution in [1.82, 2.24) is 10.2 Å². The van der Waals surface area contributed by atoms with Crippen LogP contribution in [0.25, 0.3) is 0 Å². The van der Waals surface area contributed by atoms with Gasteiger partial charge in [-0.1, -0.05) is 60.7 Å². The van der Waals surface area contributed by atoms with E-state index in [4.69, 9.17) is 0 Å². The van der Waals surface area contributed by atoms with Gasteiger partial charge in [0, 0.05) is 18.6 Å². The zero-order valence-electron chi connectivity index (χ0n) is 14.8. The number of benzene rings is 2. The second-order valence-corrected chi connectivity index (χ2v) is 7.13. The van der Waals surface area contributed by atoms with Gasteiger partial charge < -0.3 is 5.32 Å². The Bertz CT molecular complexity index is 573. The fourth-order valence-electron chi connectivity index (χ4n) is 3.61. The number of rotatable bonds is 7. The first-order valence-electron chi connectivity index (χ1n) is 9.36. The maximum Gasteiger partial charge on any atom is 0.0233 e. The molecule has 0 amide bonds. The summed E-state index contributed by atoms with van der Waals surface area (Å²) in [5.41, 5.74) is 2.88. The highest BCUT2D eigenvalue weighted by molar-refractivity contribution is 5.15. The summed E-state index contributed by atoms with van der Waals surface area (Å²) >= 11 is 0. The highest BCUT2D eigenvalue weighted by Crippen LogP contribution is 2.15. The van der Waals surface area contributed by atoms with Crippen LogP contribution < -0.4 is 5.32 Å². The van der Waals surface area contributed by atoms with E-state index in [2.05, 4.69) is 77.8 Å². The molecular formula is C22H30N2. The van der Waals surface area contributed by atoms with Crippen molar-refractivity contribution in [3.63, 3.8) is 0 Å². The molecule has 2 aromatic rings. The minimum atomic E-state index is 0.593. The summed E-state index contributed by atoms with van der Waals surface area (Å²) in [6.45, 7) is 5.84. The fraction of sp³-hybridized carbons (Fsp3) is 0.455. The molecule has 1 atom stereocenters. The summed E-state index contributed by atoms with van der Waals surface area (Å²) in [6.07, 6.45) is 4.92. The van der Waals surface area contributed by atoms with Crippen LogP contribution >= 0.6 is 0 Å². The number of hydrogen-bond donors (Lipinski definition) is 1. The second-order valence-electron chi connectivity index (χ2n) is 7.13. The van der Waals surface area contributed by atoms with E-state index in [0.29, 0.717) is 12.1 Å². The van der Waals surface area contributed by atoms with Gasteiger partial charge in [0.1, 0.15) is 0 Å². The summed E-state index contributed by atoms with van der Waals surface area (Å²) in [5, 5.41) is 3.85. The molecule has 128 valence electrons. The molecule has 0 radical (unpaired) electrons. The molecule has 1 N–H and O–H groups in total. The number of hydrogen-bond acceptors (Lipinski definition) is 2. The second kappa shape index (κ2) is 9.00. The molecule has 0 aliphatic carbocycles. The smallest absolute Gasteiger partial charge is 0.0233 e. The molecular weight excluding hydrogens is 292 g/mol. The van der Waals surface area contributed by atoms with E-state index >= 15 is 0 Å². The maximum atomic E-state index is 3.85. The van der Waals surface area contributed by atoms with Crippen LogP contribution in [0.5, 0.6) is 0 Å². The fourth-order valence-corrected chi connectivity index (χ4v) is 3.61. The number of aryl methyl sites for hydroxylation is 1. The highest BCUT2D eigenvalue weighted by atomic mass is 15.1. The van der Waals surface area contributed by atoms with Gasteiger partial charge >= 0.3 is 0 Å². The zero-order chi connectivity index (χ0) is 16.6. The van der Waals surface area contributed by atoms with Crippen LogP contribution in [0, 0.1) is 0 Å². The molecule has 1 unspecified atom stereocenters. The molecule has 1 aliphatic heterocycles.